The molecule has 1 aliphatic rings. The Balaban J connectivity index is 1.69. The van der Waals surface area contributed by atoms with Crippen molar-refractivity contribution < 1.29 is 9.53 Å². The van der Waals surface area contributed by atoms with Crippen LogP contribution >= 0.6 is 11.3 Å². The van der Waals surface area contributed by atoms with Crippen molar-refractivity contribution in [2.24, 2.45) is 0 Å². The Morgan fingerprint density at radius 3 is 2.91 bits per heavy atom. The van der Waals surface area contributed by atoms with Gasteiger partial charge in [0.15, 0.2) is 0 Å². The second-order valence-electron chi connectivity index (χ2n) is 5.43. The van der Waals surface area contributed by atoms with E-state index in [1.807, 2.05) is 12.3 Å². The van der Waals surface area contributed by atoms with Crippen LogP contribution in [-0.2, 0) is 4.74 Å². The molecule has 23 heavy (non-hydrogen) atoms. The van der Waals surface area contributed by atoms with Crippen molar-refractivity contribution in [2.45, 2.75) is 19.3 Å². The average molecular weight is 335 g/mol. The molecule has 3 rings (SSSR count). The Hall–Kier alpha value is -1.93. The minimum atomic E-state index is -0.107. The lowest BCUT2D eigenvalue weighted by molar-refractivity contribution is 0.0942. The van der Waals surface area contributed by atoms with Crippen LogP contribution in [0.3, 0.4) is 0 Å². The predicted octanol–water partition coefficient (Wildman–Crippen LogP) is 1.70. The van der Waals surface area contributed by atoms with Crippen LogP contribution in [-0.4, -0.2) is 54.0 Å². The summed E-state index contributed by atoms with van der Waals surface area (Å²) in [5, 5.41) is 13.1. The van der Waals surface area contributed by atoms with Gasteiger partial charge < -0.3 is 15.0 Å². The van der Waals surface area contributed by atoms with Gasteiger partial charge in [0, 0.05) is 39.5 Å². The largest absolute Gasteiger partial charge is 0.385 e. The van der Waals surface area contributed by atoms with Crippen LogP contribution in [0.2, 0.25) is 0 Å². The van der Waals surface area contributed by atoms with Gasteiger partial charge in [0.2, 0.25) is 10.3 Å². The molecule has 0 unspecified atom stereocenters. The first kappa shape index (κ1) is 15.9. The van der Waals surface area contributed by atoms with Crippen LogP contribution in [0.25, 0.3) is 5.13 Å². The second-order valence-corrected chi connectivity index (χ2v) is 6.36. The molecule has 0 spiro atoms. The molecule has 8 heteroatoms. The molecule has 1 aliphatic heterocycles. The van der Waals surface area contributed by atoms with Crippen molar-refractivity contribution in [1.29, 1.82) is 0 Å². The molecule has 1 N–H and O–H groups in total. The summed E-state index contributed by atoms with van der Waals surface area (Å²) >= 11 is 1.52. The molecule has 3 heterocycles. The Morgan fingerprint density at radius 1 is 1.35 bits per heavy atom. The number of nitrogens with one attached hydrogen (secondary N) is 1. The van der Waals surface area contributed by atoms with Crippen LogP contribution in [0, 0.1) is 0 Å². The quantitative estimate of drug-likeness (QED) is 0.780. The molecule has 0 aliphatic carbocycles. The molecule has 1 amide bonds. The van der Waals surface area contributed by atoms with Gasteiger partial charge in [0.05, 0.1) is 0 Å². The van der Waals surface area contributed by atoms with Gasteiger partial charge in [-0.25, -0.2) is 0 Å². The van der Waals surface area contributed by atoms with E-state index in [0.29, 0.717) is 18.8 Å². The standard InChI is InChI=1S/C15H21N5O2S/c1-22-11-5-7-16-13(21)12-6-4-10-20(12)15-18-17-14(23-15)19-8-2-3-9-19/h4,6,10H,2-3,5,7-9,11H2,1H3,(H,16,21). The molecule has 0 bridgehead atoms. The van der Waals surface area contributed by atoms with Gasteiger partial charge in [-0.3, -0.25) is 9.36 Å². The van der Waals surface area contributed by atoms with E-state index in [1.165, 1.54) is 24.2 Å². The molecule has 124 valence electrons. The molecule has 1 saturated heterocycles. The summed E-state index contributed by atoms with van der Waals surface area (Å²) in [5.74, 6) is -0.107. The van der Waals surface area contributed by atoms with Crippen molar-refractivity contribution in [3.63, 3.8) is 0 Å². The number of ether oxygens (including phenoxy) is 1. The molecule has 2 aromatic rings. The highest BCUT2D eigenvalue weighted by atomic mass is 32.1. The monoisotopic (exact) mass is 335 g/mol. The fourth-order valence-corrected chi connectivity index (χ4v) is 3.48. The van der Waals surface area contributed by atoms with Gasteiger partial charge in [0.1, 0.15) is 5.69 Å². The van der Waals surface area contributed by atoms with E-state index >= 15 is 0 Å². The molecule has 0 atom stereocenters. The van der Waals surface area contributed by atoms with Crippen LogP contribution < -0.4 is 10.2 Å². The number of hydrogen-bond donors (Lipinski definition) is 1. The summed E-state index contributed by atoms with van der Waals surface area (Å²) in [6.07, 6.45) is 5.04. The van der Waals surface area contributed by atoms with Gasteiger partial charge in [-0.05, 0) is 31.4 Å². The molecule has 0 radical (unpaired) electrons. The van der Waals surface area contributed by atoms with E-state index in [1.54, 1.807) is 17.7 Å². The van der Waals surface area contributed by atoms with Gasteiger partial charge in [-0.15, -0.1) is 10.2 Å². The lowest BCUT2D eigenvalue weighted by atomic mass is 10.3. The van der Waals surface area contributed by atoms with E-state index < -0.39 is 0 Å². The number of aromatic nitrogens is 3. The number of carbonyl (C=O) groups is 1. The minimum Gasteiger partial charge on any atom is -0.385 e. The van der Waals surface area contributed by atoms with Crippen LogP contribution in [0.15, 0.2) is 18.3 Å². The summed E-state index contributed by atoms with van der Waals surface area (Å²) < 4.78 is 6.78. The number of amides is 1. The first-order chi connectivity index (χ1) is 11.3. The highest BCUT2D eigenvalue weighted by molar-refractivity contribution is 7.17. The number of methoxy groups -OCH3 is 1. The maximum Gasteiger partial charge on any atom is 0.268 e. The Bertz CT molecular complexity index is 648. The van der Waals surface area contributed by atoms with Crippen molar-refractivity contribution in [3.8, 4) is 5.13 Å². The van der Waals surface area contributed by atoms with E-state index in [9.17, 15) is 4.79 Å². The lowest BCUT2D eigenvalue weighted by Crippen LogP contribution is -2.27. The Labute approximate surface area is 139 Å². The van der Waals surface area contributed by atoms with E-state index in [-0.39, 0.29) is 5.91 Å². The second kappa shape index (κ2) is 7.56. The first-order valence-electron chi connectivity index (χ1n) is 7.83. The number of nitrogens with zero attached hydrogens (tertiary/aromatic N) is 4. The molecule has 0 aromatic carbocycles. The van der Waals surface area contributed by atoms with Gasteiger partial charge in [0.25, 0.3) is 5.91 Å². The summed E-state index contributed by atoms with van der Waals surface area (Å²) in [6.45, 7) is 3.30. The van der Waals surface area contributed by atoms with Crippen LogP contribution in [0.5, 0.6) is 0 Å². The number of carbonyl (C=O) groups excluding carboxylic acids is 1. The molecular weight excluding hydrogens is 314 g/mol. The normalized spacial score (nSPS) is 14.4. The zero-order valence-electron chi connectivity index (χ0n) is 13.2. The third-order valence-electron chi connectivity index (χ3n) is 3.78. The zero-order valence-corrected chi connectivity index (χ0v) is 14.0. The van der Waals surface area contributed by atoms with Crippen molar-refractivity contribution >= 4 is 22.4 Å². The summed E-state index contributed by atoms with van der Waals surface area (Å²) in [4.78, 5) is 14.5. The van der Waals surface area contributed by atoms with Crippen molar-refractivity contribution in [3.05, 3.63) is 24.0 Å². The maximum atomic E-state index is 12.3. The highest BCUT2D eigenvalue weighted by Gasteiger charge is 2.19. The molecular formula is C15H21N5O2S. The molecule has 2 aromatic heterocycles. The maximum absolute atomic E-state index is 12.3. The third-order valence-corrected chi connectivity index (χ3v) is 4.76. The molecule has 0 saturated carbocycles. The number of anilines is 1. The fourth-order valence-electron chi connectivity index (χ4n) is 2.58. The SMILES string of the molecule is COCCCNC(=O)c1cccn1-c1nnc(N2CCCC2)s1. The summed E-state index contributed by atoms with van der Waals surface area (Å²) in [6, 6.07) is 3.64. The molecule has 7 nitrogen and oxygen atoms in total. The zero-order chi connectivity index (χ0) is 16.1. The van der Waals surface area contributed by atoms with Gasteiger partial charge in [-0.2, -0.15) is 0 Å². The van der Waals surface area contributed by atoms with E-state index in [2.05, 4.69) is 20.4 Å². The average Bonchev–Trinajstić information content (AvgIpc) is 3.31. The smallest absolute Gasteiger partial charge is 0.268 e. The Morgan fingerprint density at radius 2 is 2.13 bits per heavy atom. The fraction of sp³-hybridized carbons (Fsp3) is 0.533. The topological polar surface area (TPSA) is 72.3 Å². The van der Waals surface area contributed by atoms with E-state index in [0.717, 1.165) is 29.8 Å². The third kappa shape index (κ3) is 3.70. The predicted molar refractivity (Wildman–Crippen MR) is 89.5 cm³/mol. The van der Waals surface area contributed by atoms with Crippen LogP contribution in [0.4, 0.5) is 5.13 Å². The number of rotatable bonds is 7. The highest BCUT2D eigenvalue weighted by Crippen LogP contribution is 2.27. The Kier molecular flexibility index (Phi) is 5.24. The van der Waals surface area contributed by atoms with Gasteiger partial charge >= 0.3 is 0 Å². The van der Waals surface area contributed by atoms with E-state index in [4.69, 9.17) is 4.74 Å². The van der Waals surface area contributed by atoms with Gasteiger partial charge in [-0.1, -0.05) is 11.3 Å². The first-order valence-corrected chi connectivity index (χ1v) is 8.64. The summed E-state index contributed by atoms with van der Waals surface area (Å²) in [5.41, 5.74) is 0.575. The van der Waals surface area contributed by atoms with Crippen LogP contribution in [0.1, 0.15) is 29.8 Å². The number of hydrogen-bond acceptors (Lipinski definition) is 6. The summed E-state index contributed by atoms with van der Waals surface area (Å²) in [7, 11) is 1.65. The van der Waals surface area contributed by atoms with Crippen molar-refractivity contribution in [1.82, 2.24) is 20.1 Å². The van der Waals surface area contributed by atoms with Crippen molar-refractivity contribution in [2.75, 3.05) is 38.3 Å². The minimum absolute atomic E-state index is 0.107. The lowest BCUT2D eigenvalue weighted by Gasteiger charge is -2.11. The molecule has 1 fully saturated rings.